The molecule has 1 unspecified atom stereocenters. The third kappa shape index (κ3) is 4.03. The largest absolute Gasteiger partial charge is 0.341 e. The van der Waals surface area contributed by atoms with Crippen LogP contribution in [0.4, 0.5) is 0 Å². The molecule has 2 aliphatic heterocycles. The quantitative estimate of drug-likeness (QED) is 0.819. The number of piperidine rings is 1. The Labute approximate surface area is 162 Å². The highest BCUT2D eigenvalue weighted by Gasteiger charge is 2.25. The van der Waals surface area contributed by atoms with Crippen LogP contribution in [0.5, 0.6) is 0 Å². The normalized spacial score (nSPS) is 20.6. The van der Waals surface area contributed by atoms with Gasteiger partial charge in [-0.3, -0.25) is 9.69 Å². The van der Waals surface area contributed by atoms with E-state index in [1.165, 1.54) is 32.1 Å². The van der Waals surface area contributed by atoms with Crippen LogP contribution in [0.1, 0.15) is 63.7 Å². The molecular weight excluding hydrogens is 336 g/mol. The van der Waals surface area contributed by atoms with Crippen molar-refractivity contribution < 1.29 is 4.79 Å². The van der Waals surface area contributed by atoms with Crippen LogP contribution < -0.4 is 0 Å². The summed E-state index contributed by atoms with van der Waals surface area (Å²) in [6.45, 7) is 6.73. The molecule has 0 radical (unpaired) electrons. The first-order valence-corrected chi connectivity index (χ1v) is 10.7. The Kier molecular flexibility index (Phi) is 5.77. The lowest BCUT2D eigenvalue weighted by atomic mass is 10.1. The molecule has 146 valence electrons. The van der Waals surface area contributed by atoms with Crippen LogP contribution in [0.3, 0.4) is 0 Å². The van der Waals surface area contributed by atoms with Gasteiger partial charge in [-0.25, -0.2) is 4.98 Å². The van der Waals surface area contributed by atoms with E-state index in [2.05, 4.69) is 33.4 Å². The average molecular weight is 369 g/mol. The van der Waals surface area contributed by atoms with Gasteiger partial charge in [-0.1, -0.05) is 31.4 Å². The Morgan fingerprint density at radius 2 is 1.59 bits per heavy atom. The number of aromatic nitrogens is 2. The summed E-state index contributed by atoms with van der Waals surface area (Å²) < 4.78 is 2.18. The summed E-state index contributed by atoms with van der Waals surface area (Å²) in [7, 11) is 0. The van der Waals surface area contributed by atoms with Crippen molar-refractivity contribution in [1.82, 2.24) is 19.4 Å². The van der Waals surface area contributed by atoms with Crippen LogP contribution in [0.15, 0.2) is 24.3 Å². The number of amides is 1. The van der Waals surface area contributed by atoms with Gasteiger partial charge in [0.25, 0.3) is 0 Å². The molecule has 5 heteroatoms. The van der Waals surface area contributed by atoms with Gasteiger partial charge in [-0.05, 0) is 57.8 Å². The molecule has 2 fully saturated rings. The monoisotopic (exact) mass is 368 g/mol. The highest BCUT2D eigenvalue weighted by atomic mass is 16.2. The number of carbonyl (C=O) groups excluding carboxylic acids is 1. The van der Waals surface area contributed by atoms with Crippen molar-refractivity contribution >= 4 is 16.9 Å². The smallest absolute Gasteiger partial charge is 0.242 e. The fourth-order valence-corrected chi connectivity index (χ4v) is 4.60. The summed E-state index contributed by atoms with van der Waals surface area (Å²) >= 11 is 0. The zero-order chi connectivity index (χ0) is 18.6. The van der Waals surface area contributed by atoms with E-state index in [-0.39, 0.29) is 11.9 Å². The lowest BCUT2D eigenvalue weighted by Gasteiger charge is -2.32. The van der Waals surface area contributed by atoms with Crippen molar-refractivity contribution in [3.63, 3.8) is 0 Å². The first-order chi connectivity index (χ1) is 13.2. The highest BCUT2D eigenvalue weighted by Crippen LogP contribution is 2.27. The van der Waals surface area contributed by atoms with Crippen molar-refractivity contribution in [1.29, 1.82) is 0 Å². The zero-order valence-corrected chi connectivity index (χ0v) is 16.6. The van der Waals surface area contributed by atoms with E-state index in [1.807, 2.05) is 12.1 Å². The maximum Gasteiger partial charge on any atom is 0.242 e. The zero-order valence-electron chi connectivity index (χ0n) is 16.6. The molecule has 3 heterocycles. The van der Waals surface area contributed by atoms with E-state index in [4.69, 9.17) is 4.98 Å². The number of hydrogen-bond acceptors (Lipinski definition) is 3. The van der Waals surface area contributed by atoms with Crippen LogP contribution in [0.2, 0.25) is 0 Å². The number of fused-ring (bicyclic) bond motifs is 1. The van der Waals surface area contributed by atoms with Crippen LogP contribution in [-0.2, 0) is 11.3 Å². The third-order valence-electron chi connectivity index (χ3n) is 6.25. The lowest BCUT2D eigenvalue weighted by molar-refractivity contribution is -0.131. The predicted molar refractivity (Wildman–Crippen MR) is 109 cm³/mol. The number of benzene rings is 1. The van der Waals surface area contributed by atoms with Crippen LogP contribution in [0, 0.1) is 0 Å². The second kappa shape index (κ2) is 8.42. The van der Waals surface area contributed by atoms with Crippen LogP contribution in [0.25, 0.3) is 11.0 Å². The standard InChI is InChI=1S/C22H32N4O/c1-18(24-13-9-4-10-14-24)22-23-19-11-5-6-12-20(19)26(22)17-21(27)25-15-7-2-3-8-16-25/h5-6,11-12,18H,2-4,7-10,13-17H2,1H3. The number of nitrogens with zero attached hydrogens (tertiary/aromatic N) is 4. The summed E-state index contributed by atoms with van der Waals surface area (Å²) in [6, 6.07) is 8.49. The second-order valence-corrected chi connectivity index (χ2v) is 8.11. The maximum atomic E-state index is 13.1. The van der Waals surface area contributed by atoms with E-state index in [0.717, 1.165) is 55.9 Å². The van der Waals surface area contributed by atoms with Gasteiger partial charge in [0.05, 0.1) is 17.1 Å². The Balaban J connectivity index is 1.62. The summed E-state index contributed by atoms with van der Waals surface area (Å²) in [5.74, 6) is 1.29. The molecule has 0 bridgehead atoms. The Morgan fingerprint density at radius 1 is 0.963 bits per heavy atom. The number of imidazole rings is 1. The molecule has 1 aromatic heterocycles. The molecule has 2 saturated heterocycles. The van der Waals surface area contributed by atoms with E-state index < -0.39 is 0 Å². The van der Waals surface area contributed by atoms with Crippen molar-refractivity contribution in [3.05, 3.63) is 30.1 Å². The van der Waals surface area contributed by atoms with Gasteiger partial charge < -0.3 is 9.47 Å². The first-order valence-electron chi connectivity index (χ1n) is 10.7. The Morgan fingerprint density at radius 3 is 2.33 bits per heavy atom. The summed E-state index contributed by atoms with van der Waals surface area (Å²) in [4.78, 5) is 22.6. The second-order valence-electron chi connectivity index (χ2n) is 8.11. The molecule has 27 heavy (non-hydrogen) atoms. The first kappa shape index (κ1) is 18.5. The van der Waals surface area contributed by atoms with Gasteiger partial charge in [0.1, 0.15) is 12.4 Å². The molecule has 0 N–H and O–H groups in total. The maximum absolute atomic E-state index is 13.1. The lowest BCUT2D eigenvalue weighted by Crippen LogP contribution is -2.37. The third-order valence-corrected chi connectivity index (χ3v) is 6.25. The highest BCUT2D eigenvalue weighted by molar-refractivity contribution is 5.81. The van der Waals surface area contributed by atoms with Gasteiger partial charge in [0.2, 0.25) is 5.91 Å². The topological polar surface area (TPSA) is 41.4 Å². The molecule has 2 aliphatic rings. The fourth-order valence-electron chi connectivity index (χ4n) is 4.60. The van der Waals surface area contributed by atoms with Crippen LogP contribution in [-0.4, -0.2) is 51.4 Å². The summed E-state index contributed by atoms with van der Waals surface area (Å²) in [5, 5.41) is 0. The Bertz CT molecular complexity index is 770. The van der Waals surface area contributed by atoms with Gasteiger partial charge in [0, 0.05) is 13.1 Å². The van der Waals surface area contributed by atoms with Crippen molar-refractivity contribution in [3.8, 4) is 0 Å². The van der Waals surface area contributed by atoms with E-state index >= 15 is 0 Å². The molecule has 0 spiro atoms. The minimum Gasteiger partial charge on any atom is -0.341 e. The molecule has 2 aromatic rings. The number of para-hydroxylation sites is 2. The molecule has 0 aliphatic carbocycles. The molecule has 1 atom stereocenters. The number of carbonyl (C=O) groups is 1. The number of hydrogen-bond donors (Lipinski definition) is 0. The average Bonchev–Trinajstić information content (AvgIpc) is 2.88. The summed E-state index contributed by atoms with van der Waals surface area (Å²) in [5.41, 5.74) is 2.08. The van der Waals surface area contributed by atoms with E-state index in [9.17, 15) is 4.79 Å². The molecule has 1 amide bonds. The van der Waals surface area contributed by atoms with Gasteiger partial charge in [-0.2, -0.15) is 0 Å². The van der Waals surface area contributed by atoms with Gasteiger partial charge >= 0.3 is 0 Å². The fraction of sp³-hybridized carbons (Fsp3) is 0.636. The molecule has 0 saturated carbocycles. The molecule has 1 aromatic carbocycles. The minimum absolute atomic E-state index is 0.243. The molecular formula is C22H32N4O. The van der Waals surface area contributed by atoms with Crippen molar-refractivity contribution in [2.24, 2.45) is 0 Å². The van der Waals surface area contributed by atoms with Gasteiger partial charge in [0.15, 0.2) is 0 Å². The Hall–Kier alpha value is -1.88. The predicted octanol–water partition coefficient (Wildman–Crippen LogP) is 3.99. The van der Waals surface area contributed by atoms with Crippen LogP contribution >= 0.6 is 0 Å². The van der Waals surface area contributed by atoms with E-state index in [1.54, 1.807) is 0 Å². The minimum atomic E-state index is 0.243. The number of likely N-dealkylation sites (tertiary alicyclic amines) is 2. The SMILES string of the molecule is CC(c1nc2ccccc2n1CC(=O)N1CCCCCC1)N1CCCCC1. The van der Waals surface area contributed by atoms with Gasteiger partial charge in [-0.15, -0.1) is 0 Å². The van der Waals surface area contributed by atoms with Crippen molar-refractivity contribution in [2.75, 3.05) is 26.2 Å². The van der Waals surface area contributed by atoms with E-state index in [0.29, 0.717) is 6.54 Å². The van der Waals surface area contributed by atoms with Crippen molar-refractivity contribution in [2.45, 2.75) is 64.5 Å². The number of rotatable bonds is 4. The molecule has 5 nitrogen and oxygen atoms in total. The summed E-state index contributed by atoms with van der Waals surface area (Å²) in [6.07, 6.45) is 8.60. The molecule has 4 rings (SSSR count).